The first kappa shape index (κ1) is 24.8. The molecule has 2 N–H and O–H groups in total. The highest BCUT2D eigenvalue weighted by atomic mass is 19.1. The monoisotopic (exact) mass is 498 g/mol. The summed E-state index contributed by atoms with van der Waals surface area (Å²) in [6.07, 6.45) is -0.648. The van der Waals surface area contributed by atoms with E-state index in [1.54, 1.807) is 0 Å². The molecule has 1 saturated carbocycles. The summed E-state index contributed by atoms with van der Waals surface area (Å²) in [7, 11) is 0. The Morgan fingerprint density at radius 2 is 1.78 bits per heavy atom. The summed E-state index contributed by atoms with van der Waals surface area (Å²) in [6, 6.07) is 8.97. The van der Waals surface area contributed by atoms with Gasteiger partial charge in [0.15, 0.2) is 6.17 Å². The van der Waals surface area contributed by atoms with Gasteiger partial charge in [0.1, 0.15) is 5.82 Å². The minimum atomic E-state index is -1.39. The number of carbonyl (C=O) groups is 4. The van der Waals surface area contributed by atoms with Gasteiger partial charge in [0.25, 0.3) is 17.5 Å². The van der Waals surface area contributed by atoms with Crippen molar-refractivity contribution in [2.24, 2.45) is 5.92 Å². The molecule has 1 aliphatic carbocycles. The number of non-ortho nitro benzene ring substituents is 1. The van der Waals surface area contributed by atoms with Crippen LogP contribution in [-0.4, -0.2) is 62.8 Å². The molecule has 2 aliphatic rings. The van der Waals surface area contributed by atoms with E-state index in [2.05, 4.69) is 5.32 Å². The van der Waals surface area contributed by atoms with E-state index >= 15 is 0 Å². The molecule has 12 heteroatoms. The van der Waals surface area contributed by atoms with Gasteiger partial charge in [-0.15, -0.1) is 0 Å². The van der Waals surface area contributed by atoms with Crippen LogP contribution in [0.4, 0.5) is 10.1 Å². The Morgan fingerprint density at radius 1 is 1.08 bits per heavy atom. The maximum atomic E-state index is 13.7. The minimum absolute atomic E-state index is 0.00529. The van der Waals surface area contributed by atoms with Crippen molar-refractivity contribution in [2.75, 3.05) is 13.1 Å². The highest BCUT2D eigenvalue weighted by molar-refractivity contribution is 5.99. The van der Waals surface area contributed by atoms with Gasteiger partial charge in [-0.2, -0.15) is 0 Å². The number of hydrogen-bond acceptors (Lipinski definition) is 6. The molecule has 1 aliphatic heterocycles. The fraction of sp³-hybridized carbons (Fsp3) is 0.333. The quantitative estimate of drug-likeness (QED) is 0.418. The zero-order valence-electron chi connectivity index (χ0n) is 19.0. The highest BCUT2D eigenvalue weighted by Gasteiger charge is 2.47. The van der Waals surface area contributed by atoms with Crippen molar-refractivity contribution in [1.82, 2.24) is 15.1 Å². The summed E-state index contributed by atoms with van der Waals surface area (Å²) in [4.78, 5) is 64.1. The second-order valence-corrected chi connectivity index (χ2v) is 8.70. The van der Waals surface area contributed by atoms with E-state index in [1.807, 2.05) is 0 Å². The van der Waals surface area contributed by atoms with Crippen LogP contribution in [0.1, 0.15) is 41.2 Å². The number of benzene rings is 2. The molecule has 188 valence electrons. The summed E-state index contributed by atoms with van der Waals surface area (Å²) < 4.78 is 13.7. The van der Waals surface area contributed by atoms with E-state index in [1.165, 1.54) is 41.3 Å². The number of carboxylic acids is 1. The molecular formula is C24H23FN4O7. The molecule has 1 saturated heterocycles. The van der Waals surface area contributed by atoms with Gasteiger partial charge in [-0.3, -0.25) is 29.3 Å². The Balaban J connectivity index is 1.64. The molecule has 0 bridgehead atoms. The van der Waals surface area contributed by atoms with Crippen LogP contribution in [0.2, 0.25) is 0 Å². The van der Waals surface area contributed by atoms with E-state index in [4.69, 9.17) is 0 Å². The summed E-state index contributed by atoms with van der Waals surface area (Å²) in [5.41, 5.74) is -0.109. The van der Waals surface area contributed by atoms with Crippen molar-refractivity contribution in [3.05, 3.63) is 75.6 Å². The van der Waals surface area contributed by atoms with Crippen LogP contribution < -0.4 is 5.32 Å². The Labute approximate surface area is 204 Å². The number of nitro benzene ring substituents is 1. The molecule has 3 amide bonds. The SMILES string of the molecule is O=C(O)CC(NC(=O)C1N(C(=O)c2cccc(F)c2)CCN1C(=O)C1CC1)c1cccc([N+](=O)[O-])c1. The summed E-state index contributed by atoms with van der Waals surface area (Å²) in [5, 5.41) is 23.1. The third-order valence-electron chi connectivity index (χ3n) is 6.13. The zero-order chi connectivity index (χ0) is 26.0. The van der Waals surface area contributed by atoms with Crippen LogP contribution in [0, 0.1) is 21.8 Å². The molecule has 2 unspecified atom stereocenters. The van der Waals surface area contributed by atoms with E-state index in [0.717, 1.165) is 17.0 Å². The van der Waals surface area contributed by atoms with Crippen LogP contribution >= 0.6 is 0 Å². The number of rotatable bonds is 8. The van der Waals surface area contributed by atoms with Crippen LogP contribution in [0.25, 0.3) is 0 Å². The molecule has 0 radical (unpaired) electrons. The smallest absolute Gasteiger partial charge is 0.305 e. The molecule has 36 heavy (non-hydrogen) atoms. The van der Waals surface area contributed by atoms with Crippen molar-refractivity contribution in [1.29, 1.82) is 0 Å². The molecule has 11 nitrogen and oxygen atoms in total. The van der Waals surface area contributed by atoms with Gasteiger partial charge < -0.3 is 20.2 Å². The Morgan fingerprint density at radius 3 is 2.42 bits per heavy atom. The van der Waals surface area contributed by atoms with E-state index in [9.17, 15) is 38.8 Å². The van der Waals surface area contributed by atoms with Crippen LogP contribution in [0.5, 0.6) is 0 Å². The summed E-state index contributed by atoms with van der Waals surface area (Å²) >= 11 is 0. The van der Waals surface area contributed by atoms with Crippen LogP contribution in [0.3, 0.4) is 0 Å². The standard InChI is InChI=1S/C24H23FN4O7/c25-17-5-1-4-16(11-17)24(34)28-10-9-27(23(33)14-7-8-14)22(28)21(32)26-19(13-20(30)31)15-3-2-6-18(12-15)29(35)36/h1-6,11-12,14,19,22H,7-10,13H2,(H,26,32)(H,30,31). The molecule has 0 aromatic heterocycles. The van der Waals surface area contributed by atoms with Crippen molar-refractivity contribution < 1.29 is 33.6 Å². The first-order valence-corrected chi connectivity index (χ1v) is 11.3. The van der Waals surface area contributed by atoms with Crippen molar-refractivity contribution in [3.8, 4) is 0 Å². The van der Waals surface area contributed by atoms with Crippen molar-refractivity contribution >= 4 is 29.4 Å². The van der Waals surface area contributed by atoms with Gasteiger partial charge in [-0.05, 0) is 36.6 Å². The third-order valence-corrected chi connectivity index (χ3v) is 6.13. The number of nitro groups is 1. The fourth-order valence-corrected chi connectivity index (χ4v) is 4.24. The number of nitrogens with one attached hydrogen (secondary N) is 1. The van der Waals surface area contributed by atoms with Gasteiger partial charge in [-0.1, -0.05) is 18.2 Å². The first-order chi connectivity index (χ1) is 17.2. The second-order valence-electron chi connectivity index (χ2n) is 8.70. The number of amides is 3. The lowest BCUT2D eigenvalue weighted by Crippen LogP contribution is -2.54. The summed E-state index contributed by atoms with van der Waals surface area (Å²) in [6.45, 7) is 0.0984. The fourth-order valence-electron chi connectivity index (χ4n) is 4.24. The molecular weight excluding hydrogens is 475 g/mol. The van der Waals surface area contributed by atoms with Gasteiger partial charge in [0.2, 0.25) is 5.91 Å². The molecule has 2 aromatic carbocycles. The number of carbonyl (C=O) groups excluding carboxylic acids is 3. The predicted molar refractivity (Wildman–Crippen MR) is 122 cm³/mol. The Bertz CT molecular complexity index is 1230. The molecule has 2 atom stereocenters. The number of hydrogen-bond donors (Lipinski definition) is 2. The normalized spacial score (nSPS) is 18.0. The molecule has 4 rings (SSSR count). The van der Waals surface area contributed by atoms with Gasteiger partial charge in [0, 0.05) is 36.7 Å². The molecule has 1 heterocycles. The minimum Gasteiger partial charge on any atom is -0.481 e. The van der Waals surface area contributed by atoms with E-state index in [0.29, 0.717) is 12.8 Å². The lowest BCUT2D eigenvalue weighted by atomic mass is 10.0. The lowest BCUT2D eigenvalue weighted by molar-refractivity contribution is -0.384. The second kappa shape index (κ2) is 10.1. The third kappa shape index (κ3) is 5.32. The summed E-state index contributed by atoms with van der Waals surface area (Å²) in [5.74, 6) is -3.93. The van der Waals surface area contributed by atoms with E-state index < -0.39 is 47.2 Å². The van der Waals surface area contributed by atoms with E-state index in [-0.39, 0.29) is 41.7 Å². The van der Waals surface area contributed by atoms with Gasteiger partial charge >= 0.3 is 5.97 Å². The van der Waals surface area contributed by atoms with Crippen molar-refractivity contribution in [3.63, 3.8) is 0 Å². The number of nitrogens with zero attached hydrogens (tertiary/aromatic N) is 3. The molecule has 2 aromatic rings. The maximum Gasteiger partial charge on any atom is 0.305 e. The molecule has 2 fully saturated rings. The van der Waals surface area contributed by atoms with Crippen LogP contribution in [0.15, 0.2) is 48.5 Å². The molecule has 0 spiro atoms. The maximum absolute atomic E-state index is 13.7. The lowest BCUT2D eigenvalue weighted by Gasteiger charge is -2.31. The van der Waals surface area contributed by atoms with Gasteiger partial charge in [-0.25, -0.2) is 4.39 Å². The number of carboxylic acid groups (broad SMARTS) is 1. The average Bonchev–Trinajstić information content (AvgIpc) is 3.60. The van der Waals surface area contributed by atoms with Gasteiger partial charge in [0.05, 0.1) is 17.4 Å². The largest absolute Gasteiger partial charge is 0.481 e. The first-order valence-electron chi connectivity index (χ1n) is 11.3. The van der Waals surface area contributed by atoms with Crippen LogP contribution in [-0.2, 0) is 14.4 Å². The average molecular weight is 498 g/mol. The highest BCUT2D eigenvalue weighted by Crippen LogP contribution is 2.34. The Kier molecular flexibility index (Phi) is 6.95. The number of aliphatic carboxylic acids is 1. The predicted octanol–water partition coefficient (Wildman–Crippen LogP) is 2.09. The Hall–Kier alpha value is -4.35. The number of halogens is 1. The topological polar surface area (TPSA) is 150 Å². The van der Waals surface area contributed by atoms with Crippen molar-refractivity contribution in [2.45, 2.75) is 31.5 Å². The zero-order valence-corrected chi connectivity index (χ0v) is 19.0.